The maximum atomic E-state index is 12.7. The van der Waals surface area contributed by atoms with Gasteiger partial charge in [-0.1, -0.05) is 0 Å². The molecule has 26 heavy (non-hydrogen) atoms. The molecule has 6 nitrogen and oxygen atoms in total. The fourth-order valence-electron chi connectivity index (χ4n) is 3.37. The topological polar surface area (TPSA) is 57.6 Å². The number of hydrogen-bond donors (Lipinski definition) is 1. The minimum Gasteiger partial charge on any atom is -0.338 e. The standard InChI is InChI=1S/C19H22N4O2S/c24-18(15-3-5-16(6-4-15)21-7-1-2-8-21)22-9-11-23(12-10-22)19(25)17-13-26-14-20-17/h1-8,17,20H,9-14H2. The van der Waals surface area contributed by atoms with E-state index in [4.69, 9.17) is 0 Å². The van der Waals surface area contributed by atoms with Gasteiger partial charge in [0.1, 0.15) is 0 Å². The molecule has 1 unspecified atom stereocenters. The van der Waals surface area contributed by atoms with Crippen molar-refractivity contribution < 1.29 is 9.59 Å². The number of rotatable bonds is 3. The summed E-state index contributed by atoms with van der Waals surface area (Å²) >= 11 is 1.75. The molecule has 136 valence electrons. The molecular formula is C19H22N4O2S. The van der Waals surface area contributed by atoms with Crippen LogP contribution in [0.25, 0.3) is 5.69 Å². The van der Waals surface area contributed by atoms with Gasteiger partial charge in [-0.25, -0.2) is 0 Å². The predicted molar refractivity (Wildman–Crippen MR) is 103 cm³/mol. The van der Waals surface area contributed by atoms with Crippen LogP contribution in [0.2, 0.25) is 0 Å². The SMILES string of the molecule is O=C(c1ccc(-n2cccc2)cc1)N1CCN(C(=O)C2CSCN2)CC1. The second-order valence-corrected chi connectivity index (χ2v) is 7.56. The Hall–Kier alpha value is -2.25. The van der Waals surface area contributed by atoms with Gasteiger partial charge < -0.3 is 14.4 Å². The Morgan fingerprint density at radius 3 is 2.23 bits per heavy atom. The molecule has 0 aliphatic carbocycles. The van der Waals surface area contributed by atoms with Crippen molar-refractivity contribution in [2.45, 2.75) is 6.04 Å². The number of carbonyl (C=O) groups is 2. The van der Waals surface area contributed by atoms with Crippen molar-refractivity contribution in [1.82, 2.24) is 19.7 Å². The normalized spacial score (nSPS) is 20.4. The van der Waals surface area contributed by atoms with Crippen molar-refractivity contribution in [3.63, 3.8) is 0 Å². The van der Waals surface area contributed by atoms with Crippen LogP contribution in [0.15, 0.2) is 48.8 Å². The number of carbonyl (C=O) groups excluding carboxylic acids is 2. The summed E-state index contributed by atoms with van der Waals surface area (Å²) in [4.78, 5) is 28.9. The van der Waals surface area contributed by atoms with E-state index < -0.39 is 0 Å². The van der Waals surface area contributed by atoms with Gasteiger partial charge in [0.05, 0.1) is 6.04 Å². The quantitative estimate of drug-likeness (QED) is 0.888. The first-order chi connectivity index (χ1) is 12.7. The number of nitrogens with one attached hydrogen (secondary N) is 1. The Labute approximate surface area is 157 Å². The van der Waals surface area contributed by atoms with Crippen LogP contribution in [0, 0.1) is 0 Å². The van der Waals surface area contributed by atoms with Crippen LogP contribution in [0.5, 0.6) is 0 Å². The van der Waals surface area contributed by atoms with E-state index in [2.05, 4.69) is 5.32 Å². The lowest BCUT2D eigenvalue weighted by Crippen LogP contribution is -2.54. The maximum Gasteiger partial charge on any atom is 0.253 e. The van der Waals surface area contributed by atoms with Crippen molar-refractivity contribution in [2.24, 2.45) is 0 Å². The van der Waals surface area contributed by atoms with Crippen LogP contribution < -0.4 is 5.32 Å². The first-order valence-electron chi connectivity index (χ1n) is 8.85. The monoisotopic (exact) mass is 370 g/mol. The highest BCUT2D eigenvalue weighted by atomic mass is 32.2. The smallest absolute Gasteiger partial charge is 0.253 e. The van der Waals surface area contributed by atoms with Gasteiger partial charge in [0.25, 0.3) is 5.91 Å². The minimum absolute atomic E-state index is 0.0331. The highest BCUT2D eigenvalue weighted by molar-refractivity contribution is 7.99. The summed E-state index contributed by atoms with van der Waals surface area (Å²) in [6.45, 7) is 2.39. The first kappa shape index (κ1) is 17.2. The number of benzene rings is 1. The molecule has 1 N–H and O–H groups in total. The number of piperazine rings is 1. The number of amides is 2. The highest BCUT2D eigenvalue weighted by Gasteiger charge is 2.30. The van der Waals surface area contributed by atoms with E-state index in [-0.39, 0.29) is 17.9 Å². The van der Waals surface area contributed by atoms with Gasteiger partial charge in [-0.3, -0.25) is 14.9 Å². The third kappa shape index (κ3) is 3.50. The van der Waals surface area contributed by atoms with Crippen LogP contribution in [0.3, 0.4) is 0 Å². The Morgan fingerprint density at radius 1 is 0.962 bits per heavy atom. The lowest BCUT2D eigenvalue weighted by molar-refractivity contribution is -0.134. The fraction of sp³-hybridized carbons (Fsp3) is 0.368. The molecule has 2 amide bonds. The Morgan fingerprint density at radius 2 is 1.62 bits per heavy atom. The number of thioether (sulfide) groups is 1. The third-order valence-electron chi connectivity index (χ3n) is 4.91. The minimum atomic E-state index is -0.0662. The second kappa shape index (κ2) is 7.55. The van der Waals surface area contributed by atoms with Gasteiger partial charge in [0, 0.05) is 61.5 Å². The lowest BCUT2D eigenvalue weighted by atomic mass is 10.1. The van der Waals surface area contributed by atoms with Gasteiger partial charge >= 0.3 is 0 Å². The summed E-state index contributed by atoms with van der Waals surface area (Å²) in [5.74, 6) is 1.88. The van der Waals surface area contributed by atoms with E-state index in [1.807, 2.05) is 63.2 Å². The van der Waals surface area contributed by atoms with Crippen LogP contribution >= 0.6 is 11.8 Å². The Kier molecular flexibility index (Phi) is 4.99. The van der Waals surface area contributed by atoms with Crippen molar-refractivity contribution in [3.05, 3.63) is 54.4 Å². The van der Waals surface area contributed by atoms with Crippen molar-refractivity contribution in [1.29, 1.82) is 0 Å². The summed E-state index contributed by atoms with van der Waals surface area (Å²) in [6.07, 6.45) is 3.95. The molecule has 2 aliphatic rings. The maximum absolute atomic E-state index is 12.7. The van der Waals surface area contributed by atoms with Crippen LogP contribution in [0.1, 0.15) is 10.4 Å². The average Bonchev–Trinajstić information content (AvgIpc) is 3.41. The van der Waals surface area contributed by atoms with Crippen molar-refractivity contribution >= 4 is 23.6 Å². The van der Waals surface area contributed by atoms with Crippen molar-refractivity contribution in [3.8, 4) is 5.69 Å². The van der Waals surface area contributed by atoms with E-state index in [0.717, 1.165) is 17.3 Å². The molecule has 2 aliphatic heterocycles. The molecule has 0 spiro atoms. The third-order valence-corrected chi connectivity index (χ3v) is 5.85. The average molecular weight is 370 g/mol. The van der Waals surface area contributed by atoms with Gasteiger partial charge in [-0.05, 0) is 36.4 Å². The van der Waals surface area contributed by atoms with E-state index in [9.17, 15) is 9.59 Å². The zero-order valence-electron chi connectivity index (χ0n) is 14.5. The van der Waals surface area contributed by atoms with E-state index in [0.29, 0.717) is 31.7 Å². The van der Waals surface area contributed by atoms with Gasteiger partial charge in [0.2, 0.25) is 5.91 Å². The molecule has 3 heterocycles. The van der Waals surface area contributed by atoms with Gasteiger partial charge in [0.15, 0.2) is 0 Å². The molecule has 2 saturated heterocycles. The molecule has 1 aromatic heterocycles. The molecule has 7 heteroatoms. The summed E-state index contributed by atoms with van der Waals surface area (Å²) in [6, 6.07) is 11.5. The molecule has 0 saturated carbocycles. The molecule has 0 bridgehead atoms. The lowest BCUT2D eigenvalue weighted by Gasteiger charge is -2.36. The van der Waals surface area contributed by atoms with Crippen LogP contribution in [0.4, 0.5) is 0 Å². The Bertz CT molecular complexity index is 761. The summed E-state index contributed by atoms with van der Waals surface area (Å²) in [5.41, 5.74) is 1.72. The molecule has 0 radical (unpaired) electrons. The predicted octanol–water partition coefficient (Wildman–Crippen LogP) is 1.42. The Balaban J connectivity index is 1.35. The van der Waals surface area contributed by atoms with E-state index in [1.54, 1.807) is 11.8 Å². The number of aromatic nitrogens is 1. The van der Waals surface area contributed by atoms with Gasteiger partial charge in [-0.15, -0.1) is 11.8 Å². The molecule has 1 aromatic carbocycles. The summed E-state index contributed by atoms with van der Waals surface area (Å²) in [7, 11) is 0. The summed E-state index contributed by atoms with van der Waals surface area (Å²) < 4.78 is 2.01. The zero-order chi connectivity index (χ0) is 17.9. The van der Waals surface area contributed by atoms with Crippen molar-refractivity contribution in [2.75, 3.05) is 37.8 Å². The number of hydrogen-bond acceptors (Lipinski definition) is 4. The number of nitrogens with zero attached hydrogens (tertiary/aromatic N) is 3. The van der Waals surface area contributed by atoms with Crippen LogP contribution in [-0.2, 0) is 4.79 Å². The van der Waals surface area contributed by atoms with E-state index >= 15 is 0 Å². The molecule has 1 atom stereocenters. The molecule has 4 rings (SSSR count). The zero-order valence-corrected chi connectivity index (χ0v) is 15.3. The molecule has 2 aromatic rings. The van der Waals surface area contributed by atoms with Gasteiger partial charge in [-0.2, -0.15) is 0 Å². The molecule has 2 fully saturated rings. The summed E-state index contributed by atoms with van der Waals surface area (Å²) in [5, 5.41) is 3.22. The molecular weight excluding hydrogens is 348 g/mol. The second-order valence-electron chi connectivity index (χ2n) is 6.53. The first-order valence-corrected chi connectivity index (χ1v) is 10.0. The highest BCUT2D eigenvalue weighted by Crippen LogP contribution is 2.16. The fourth-order valence-corrected chi connectivity index (χ4v) is 4.30. The van der Waals surface area contributed by atoms with E-state index in [1.165, 1.54) is 0 Å². The van der Waals surface area contributed by atoms with Crippen LogP contribution in [-0.4, -0.2) is 70.0 Å². The largest absolute Gasteiger partial charge is 0.338 e.